The van der Waals surface area contributed by atoms with Gasteiger partial charge in [-0.05, 0) is 63.0 Å². The highest BCUT2D eigenvalue weighted by atomic mass is 16.5. The zero-order valence-electron chi connectivity index (χ0n) is 18.0. The highest BCUT2D eigenvalue weighted by Crippen LogP contribution is 2.30. The molecule has 0 amide bonds. The van der Waals surface area contributed by atoms with E-state index in [1.807, 2.05) is 62.4 Å². The quantitative estimate of drug-likeness (QED) is 0.682. The van der Waals surface area contributed by atoms with Gasteiger partial charge in [0.25, 0.3) is 0 Å². The zero-order valence-corrected chi connectivity index (χ0v) is 18.0. The van der Waals surface area contributed by atoms with Crippen LogP contribution in [0.25, 0.3) is 5.82 Å². The minimum Gasteiger partial charge on any atom is -0.492 e. The predicted molar refractivity (Wildman–Crippen MR) is 118 cm³/mol. The maximum Gasteiger partial charge on any atom is 0.136 e. The Morgan fingerprint density at radius 3 is 2.80 bits per heavy atom. The standard InChI is InChI=1S/C24H30N4O2/c1-24(29,18-26(2)3)20-9-10-22-19(15-20)16-27(13-14-30-22)17-21-7-6-12-28(21)23-8-4-5-11-25-23/h4-12,15,29H,13-14,16-18H2,1-3H3/t24-/m0/s1. The molecule has 4 rings (SSSR count). The van der Waals surface area contributed by atoms with Crippen LogP contribution in [0.5, 0.6) is 5.75 Å². The Morgan fingerprint density at radius 1 is 1.17 bits per heavy atom. The van der Waals surface area contributed by atoms with Crippen LogP contribution < -0.4 is 4.74 Å². The summed E-state index contributed by atoms with van der Waals surface area (Å²) in [6, 6.07) is 16.2. The number of pyridine rings is 1. The van der Waals surface area contributed by atoms with Gasteiger partial charge >= 0.3 is 0 Å². The lowest BCUT2D eigenvalue weighted by atomic mass is 9.93. The van der Waals surface area contributed by atoms with Gasteiger partial charge in [0.1, 0.15) is 18.2 Å². The average Bonchev–Trinajstić information content (AvgIpc) is 3.06. The number of benzene rings is 1. The summed E-state index contributed by atoms with van der Waals surface area (Å²) in [6.45, 7) is 5.48. The number of aromatic nitrogens is 2. The molecule has 1 N–H and O–H groups in total. The van der Waals surface area contributed by atoms with Crippen molar-refractivity contribution in [1.29, 1.82) is 0 Å². The van der Waals surface area contributed by atoms with Crippen LogP contribution in [0, 0.1) is 0 Å². The monoisotopic (exact) mass is 406 g/mol. The van der Waals surface area contributed by atoms with E-state index in [9.17, 15) is 5.11 Å². The summed E-state index contributed by atoms with van der Waals surface area (Å²) in [4.78, 5) is 8.86. The molecule has 2 aromatic heterocycles. The number of nitrogens with zero attached hydrogens (tertiary/aromatic N) is 4. The molecular weight excluding hydrogens is 376 g/mol. The number of hydrogen-bond donors (Lipinski definition) is 1. The molecule has 158 valence electrons. The van der Waals surface area contributed by atoms with Crippen molar-refractivity contribution in [3.63, 3.8) is 0 Å². The number of aliphatic hydroxyl groups is 1. The van der Waals surface area contributed by atoms with Crippen molar-refractivity contribution in [1.82, 2.24) is 19.4 Å². The van der Waals surface area contributed by atoms with E-state index in [-0.39, 0.29) is 0 Å². The van der Waals surface area contributed by atoms with Crippen LogP contribution >= 0.6 is 0 Å². The fraction of sp³-hybridized carbons (Fsp3) is 0.375. The molecule has 0 aliphatic carbocycles. The second-order valence-corrected chi connectivity index (χ2v) is 8.45. The fourth-order valence-electron chi connectivity index (χ4n) is 4.12. The third-order valence-corrected chi connectivity index (χ3v) is 5.48. The normalized spacial score (nSPS) is 16.6. The molecule has 0 unspecified atom stereocenters. The van der Waals surface area contributed by atoms with Gasteiger partial charge in [-0.3, -0.25) is 4.90 Å². The van der Waals surface area contributed by atoms with Crippen LogP contribution in [-0.2, 0) is 18.7 Å². The van der Waals surface area contributed by atoms with Crippen molar-refractivity contribution in [2.75, 3.05) is 33.8 Å². The first-order valence-electron chi connectivity index (χ1n) is 10.4. The number of rotatable bonds is 6. The van der Waals surface area contributed by atoms with Crippen molar-refractivity contribution in [3.8, 4) is 11.6 Å². The maximum absolute atomic E-state index is 11.0. The Kier molecular flexibility index (Phi) is 5.90. The molecule has 0 saturated heterocycles. The van der Waals surface area contributed by atoms with Crippen LogP contribution in [0.1, 0.15) is 23.7 Å². The molecule has 3 aromatic rings. The molecule has 30 heavy (non-hydrogen) atoms. The van der Waals surface area contributed by atoms with Crippen molar-refractivity contribution in [2.45, 2.75) is 25.6 Å². The molecule has 6 heteroatoms. The highest BCUT2D eigenvalue weighted by Gasteiger charge is 2.26. The van der Waals surface area contributed by atoms with Gasteiger partial charge in [-0.25, -0.2) is 4.98 Å². The minimum atomic E-state index is -0.913. The molecule has 1 aliphatic rings. The third-order valence-electron chi connectivity index (χ3n) is 5.48. The van der Waals surface area contributed by atoms with E-state index in [0.29, 0.717) is 13.2 Å². The fourth-order valence-corrected chi connectivity index (χ4v) is 4.12. The van der Waals surface area contributed by atoms with E-state index in [1.165, 1.54) is 5.69 Å². The van der Waals surface area contributed by atoms with E-state index in [4.69, 9.17) is 4.74 Å². The summed E-state index contributed by atoms with van der Waals surface area (Å²) in [7, 11) is 3.94. The molecule has 1 aliphatic heterocycles. The van der Waals surface area contributed by atoms with Crippen LogP contribution in [0.15, 0.2) is 60.9 Å². The molecular formula is C24H30N4O2. The van der Waals surface area contributed by atoms with Gasteiger partial charge in [0, 0.05) is 49.8 Å². The van der Waals surface area contributed by atoms with Gasteiger partial charge in [0.2, 0.25) is 0 Å². The minimum absolute atomic E-state index is 0.563. The van der Waals surface area contributed by atoms with Crippen molar-refractivity contribution in [2.24, 2.45) is 0 Å². The van der Waals surface area contributed by atoms with Crippen LogP contribution in [0.4, 0.5) is 0 Å². The Morgan fingerprint density at radius 2 is 2.03 bits per heavy atom. The average molecular weight is 407 g/mol. The lowest BCUT2D eigenvalue weighted by molar-refractivity contribution is 0.0299. The van der Waals surface area contributed by atoms with Gasteiger partial charge in [-0.15, -0.1) is 0 Å². The van der Waals surface area contributed by atoms with E-state index >= 15 is 0 Å². The summed E-state index contributed by atoms with van der Waals surface area (Å²) in [5, 5.41) is 11.0. The predicted octanol–water partition coefficient (Wildman–Crippen LogP) is 3.04. The van der Waals surface area contributed by atoms with E-state index < -0.39 is 5.60 Å². The molecule has 3 heterocycles. The SMILES string of the molecule is CN(C)C[C@](C)(O)c1ccc2c(c1)CN(Cc1cccn1-c1ccccn1)CCO2. The molecule has 0 fully saturated rings. The molecule has 6 nitrogen and oxygen atoms in total. The second kappa shape index (κ2) is 8.60. The Bertz CT molecular complexity index is 982. The zero-order chi connectivity index (χ0) is 21.1. The first-order valence-corrected chi connectivity index (χ1v) is 10.4. The van der Waals surface area contributed by atoms with Gasteiger partial charge in [-0.2, -0.15) is 0 Å². The lowest BCUT2D eigenvalue weighted by Crippen LogP contribution is -2.34. The van der Waals surface area contributed by atoms with Crippen LogP contribution in [0.3, 0.4) is 0 Å². The first-order chi connectivity index (χ1) is 14.4. The number of likely N-dealkylation sites (N-methyl/N-ethyl adjacent to an activating group) is 1. The smallest absolute Gasteiger partial charge is 0.136 e. The Labute approximate surface area is 178 Å². The van der Waals surface area contributed by atoms with Crippen molar-refractivity contribution < 1.29 is 9.84 Å². The van der Waals surface area contributed by atoms with Crippen molar-refractivity contribution in [3.05, 3.63) is 77.7 Å². The topological polar surface area (TPSA) is 53.8 Å². The largest absolute Gasteiger partial charge is 0.492 e. The Balaban J connectivity index is 1.56. The van der Waals surface area contributed by atoms with E-state index in [0.717, 1.165) is 42.3 Å². The van der Waals surface area contributed by atoms with E-state index in [1.54, 1.807) is 0 Å². The second-order valence-electron chi connectivity index (χ2n) is 8.45. The number of fused-ring (bicyclic) bond motifs is 1. The Hall–Kier alpha value is -2.67. The van der Waals surface area contributed by atoms with Gasteiger partial charge in [-0.1, -0.05) is 12.1 Å². The molecule has 0 spiro atoms. The van der Waals surface area contributed by atoms with Crippen LogP contribution in [0.2, 0.25) is 0 Å². The summed E-state index contributed by atoms with van der Waals surface area (Å²) >= 11 is 0. The van der Waals surface area contributed by atoms with Gasteiger partial charge in [0.05, 0.1) is 5.60 Å². The molecule has 0 bridgehead atoms. The maximum atomic E-state index is 11.0. The number of hydrogen-bond acceptors (Lipinski definition) is 5. The van der Waals surface area contributed by atoms with Crippen molar-refractivity contribution >= 4 is 0 Å². The first kappa shape index (κ1) is 20.6. The van der Waals surface area contributed by atoms with Crippen LogP contribution in [-0.4, -0.2) is 58.2 Å². The van der Waals surface area contributed by atoms with Gasteiger partial charge < -0.3 is 19.3 Å². The summed E-state index contributed by atoms with van der Waals surface area (Å²) in [5.41, 5.74) is 2.30. The molecule has 0 radical (unpaired) electrons. The lowest BCUT2D eigenvalue weighted by Gasteiger charge is -2.28. The van der Waals surface area contributed by atoms with Gasteiger partial charge in [0.15, 0.2) is 0 Å². The molecule has 1 aromatic carbocycles. The van der Waals surface area contributed by atoms with E-state index in [2.05, 4.69) is 38.8 Å². The third kappa shape index (κ3) is 4.56. The molecule has 0 saturated carbocycles. The summed E-state index contributed by atoms with van der Waals surface area (Å²) < 4.78 is 8.14. The highest BCUT2D eigenvalue weighted by molar-refractivity contribution is 5.40. The number of ether oxygens (including phenoxy) is 1. The summed E-state index contributed by atoms with van der Waals surface area (Å²) in [5.74, 6) is 1.83. The molecule has 1 atom stereocenters. The summed E-state index contributed by atoms with van der Waals surface area (Å²) in [6.07, 6.45) is 3.87.